The van der Waals surface area contributed by atoms with E-state index in [1.807, 2.05) is 6.07 Å². The fraction of sp³-hybridized carbons (Fsp3) is 0.500. The van der Waals surface area contributed by atoms with Gasteiger partial charge < -0.3 is 16.0 Å². The molecule has 3 N–H and O–H groups in total. The van der Waals surface area contributed by atoms with Crippen molar-refractivity contribution in [3.63, 3.8) is 0 Å². The normalized spacial score (nSPS) is 14.8. The molecule has 104 valence electrons. The standard InChI is InChI=1S/C14H21N3OS/c1-3-7-16-14(18)13-11(15)8-12(19-13)17(2)9-10-5-4-6-10/h3,8,10H,1,4-7,9,15H2,2H3,(H,16,18). The van der Waals surface area contributed by atoms with Gasteiger partial charge >= 0.3 is 0 Å². The van der Waals surface area contributed by atoms with Crippen LogP contribution in [0.2, 0.25) is 0 Å². The van der Waals surface area contributed by atoms with Crippen LogP contribution in [0.3, 0.4) is 0 Å². The van der Waals surface area contributed by atoms with Gasteiger partial charge in [0.15, 0.2) is 0 Å². The molecule has 1 aliphatic carbocycles. The second-order valence-electron chi connectivity index (χ2n) is 5.05. The molecule has 2 rings (SSSR count). The molecule has 5 heteroatoms. The number of nitrogens with one attached hydrogen (secondary N) is 1. The molecule has 0 spiro atoms. The Kier molecular flexibility index (Phi) is 4.47. The topological polar surface area (TPSA) is 58.4 Å². The van der Waals surface area contributed by atoms with E-state index in [2.05, 4.69) is 23.8 Å². The molecule has 0 bridgehead atoms. The van der Waals surface area contributed by atoms with Gasteiger partial charge in [-0.3, -0.25) is 4.79 Å². The van der Waals surface area contributed by atoms with Crippen LogP contribution in [-0.2, 0) is 0 Å². The van der Waals surface area contributed by atoms with Crippen LogP contribution in [0.5, 0.6) is 0 Å². The highest BCUT2D eigenvalue weighted by molar-refractivity contribution is 7.18. The third-order valence-electron chi connectivity index (χ3n) is 3.49. The summed E-state index contributed by atoms with van der Waals surface area (Å²) >= 11 is 1.46. The molecule has 0 atom stereocenters. The summed E-state index contributed by atoms with van der Waals surface area (Å²) in [6, 6.07) is 1.89. The third-order valence-corrected chi connectivity index (χ3v) is 4.76. The van der Waals surface area contributed by atoms with Crippen molar-refractivity contribution in [1.82, 2.24) is 5.32 Å². The van der Waals surface area contributed by atoms with E-state index in [0.29, 0.717) is 17.1 Å². The van der Waals surface area contributed by atoms with Crippen LogP contribution in [0, 0.1) is 5.92 Å². The van der Waals surface area contributed by atoms with Gasteiger partial charge in [0.05, 0.1) is 10.7 Å². The summed E-state index contributed by atoms with van der Waals surface area (Å²) < 4.78 is 0. The molecule has 0 aliphatic heterocycles. The van der Waals surface area contributed by atoms with Gasteiger partial charge in [-0.25, -0.2) is 0 Å². The molecule has 0 unspecified atom stereocenters. The molecular weight excluding hydrogens is 258 g/mol. The van der Waals surface area contributed by atoms with Gasteiger partial charge in [0.2, 0.25) is 0 Å². The molecule has 1 amide bonds. The first kappa shape index (κ1) is 13.9. The molecule has 1 aromatic rings. The van der Waals surface area contributed by atoms with Crippen molar-refractivity contribution in [3.05, 3.63) is 23.6 Å². The van der Waals surface area contributed by atoms with E-state index in [4.69, 9.17) is 5.73 Å². The van der Waals surface area contributed by atoms with Crippen LogP contribution in [0.15, 0.2) is 18.7 Å². The lowest BCUT2D eigenvalue weighted by Crippen LogP contribution is -2.28. The molecule has 1 aliphatic rings. The first-order chi connectivity index (χ1) is 9.11. The van der Waals surface area contributed by atoms with Gasteiger partial charge in [0.1, 0.15) is 4.88 Å². The van der Waals surface area contributed by atoms with E-state index >= 15 is 0 Å². The van der Waals surface area contributed by atoms with E-state index in [1.54, 1.807) is 6.08 Å². The zero-order valence-electron chi connectivity index (χ0n) is 11.3. The molecule has 19 heavy (non-hydrogen) atoms. The van der Waals surface area contributed by atoms with Gasteiger partial charge in [-0.1, -0.05) is 12.5 Å². The zero-order valence-corrected chi connectivity index (χ0v) is 12.1. The Morgan fingerprint density at radius 2 is 2.42 bits per heavy atom. The number of hydrogen-bond acceptors (Lipinski definition) is 4. The highest BCUT2D eigenvalue weighted by Gasteiger charge is 2.21. The molecular formula is C14H21N3OS. The zero-order chi connectivity index (χ0) is 13.8. The predicted octanol–water partition coefficient (Wildman–Crippen LogP) is 2.48. The summed E-state index contributed by atoms with van der Waals surface area (Å²) in [7, 11) is 2.06. The van der Waals surface area contributed by atoms with E-state index < -0.39 is 0 Å². The maximum absolute atomic E-state index is 11.9. The van der Waals surface area contributed by atoms with Crippen LogP contribution < -0.4 is 16.0 Å². The minimum atomic E-state index is -0.120. The first-order valence-corrected chi connectivity index (χ1v) is 7.43. The molecule has 1 fully saturated rings. The Balaban J connectivity index is 2.02. The highest BCUT2D eigenvalue weighted by Crippen LogP contribution is 2.34. The Morgan fingerprint density at radius 1 is 1.68 bits per heavy atom. The summed E-state index contributed by atoms with van der Waals surface area (Å²) in [5.74, 6) is 0.678. The highest BCUT2D eigenvalue weighted by atomic mass is 32.1. The summed E-state index contributed by atoms with van der Waals surface area (Å²) in [5, 5.41) is 3.82. The van der Waals surface area contributed by atoms with Gasteiger partial charge in [0.25, 0.3) is 5.91 Å². The van der Waals surface area contributed by atoms with Crippen molar-refractivity contribution in [2.45, 2.75) is 19.3 Å². The van der Waals surface area contributed by atoms with Crippen LogP contribution in [-0.4, -0.2) is 26.0 Å². The molecule has 0 radical (unpaired) electrons. The fourth-order valence-corrected chi connectivity index (χ4v) is 3.12. The smallest absolute Gasteiger partial charge is 0.263 e. The van der Waals surface area contributed by atoms with Crippen molar-refractivity contribution in [2.24, 2.45) is 5.92 Å². The fourth-order valence-electron chi connectivity index (χ4n) is 2.15. The summed E-state index contributed by atoms with van der Waals surface area (Å²) in [6.07, 6.45) is 5.64. The van der Waals surface area contributed by atoms with E-state index in [0.717, 1.165) is 17.5 Å². The number of nitrogen functional groups attached to an aromatic ring is 1. The van der Waals surface area contributed by atoms with Crippen molar-refractivity contribution in [1.29, 1.82) is 0 Å². The first-order valence-electron chi connectivity index (χ1n) is 6.61. The predicted molar refractivity (Wildman–Crippen MR) is 81.9 cm³/mol. The summed E-state index contributed by atoms with van der Waals surface area (Å²) in [5.41, 5.74) is 6.48. The number of thiophene rings is 1. The molecule has 4 nitrogen and oxygen atoms in total. The average Bonchev–Trinajstić information content (AvgIpc) is 2.73. The number of anilines is 2. The van der Waals surface area contributed by atoms with Crippen LogP contribution >= 0.6 is 11.3 Å². The van der Waals surface area contributed by atoms with Crippen molar-refractivity contribution in [2.75, 3.05) is 30.8 Å². The minimum Gasteiger partial charge on any atom is -0.397 e. The number of rotatable bonds is 6. The number of hydrogen-bond donors (Lipinski definition) is 2. The van der Waals surface area contributed by atoms with Gasteiger partial charge in [0, 0.05) is 20.1 Å². The van der Waals surface area contributed by atoms with Gasteiger partial charge in [-0.2, -0.15) is 0 Å². The van der Waals surface area contributed by atoms with Gasteiger partial charge in [-0.15, -0.1) is 17.9 Å². The maximum atomic E-state index is 11.9. The summed E-state index contributed by atoms with van der Waals surface area (Å²) in [6.45, 7) is 5.09. The number of nitrogens with zero attached hydrogens (tertiary/aromatic N) is 1. The molecule has 1 heterocycles. The Hall–Kier alpha value is -1.49. The molecule has 0 aromatic carbocycles. The van der Waals surface area contributed by atoms with Crippen molar-refractivity contribution < 1.29 is 4.79 Å². The number of nitrogens with two attached hydrogens (primary N) is 1. The maximum Gasteiger partial charge on any atom is 0.263 e. The van der Waals surface area contributed by atoms with Crippen molar-refractivity contribution in [3.8, 4) is 0 Å². The number of carbonyl (C=O) groups is 1. The second kappa shape index (κ2) is 6.10. The number of carbonyl (C=O) groups excluding carboxylic acids is 1. The quantitative estimate of drug-likeness (QED) is 0.787. The van der Waals surface area contributed by atoms with Crippen molar-refractivity contribution >= 4 is 27.9 Å². The van der Waals surface area contributed by atoms with E-state index in [-0.39, 0.29) is 5.91 Å². The molecule has 1 aromatic heterocycles. The van der Waals surface area contributed by atoms with Crippen LogP contribution in [0.25, 0.3) is 0 Å². The monoisotopic (exact) mass is 279 g/mol. The largest absolute Gasteiger partial charge is 0.397 e. The second-order valence-corrected chi connectivity index (χ2v) is 6.08. The van der Waals surface area contributed by atoms with Crippen LogP contribution in [0.4, 0.5) is 10.7 Å². The lowest BCUT2D eigenvalue weighted by Gasteiger charge is -2.30. The van der Waals surface area contributed by atoms with E-state index in [1.165, 1.54) is 30.6 Å². The Morgan fingerprint density at radius 3 is 3.00 bits per heavy atom. The average molecular weight is 279 g/mol. The number of amides is 1. The Bertz CT molecular complexity index is 465. The van der Waals surface area contributed by atoms with E-state index in [9.17, 15) is 4.79 Å². The molecule has 1 saturated carbocycles. The van der Waals surface area contributed by atoms with Crippen LogP contribution in [0.1, 0.15) is 28.9 Å². The summed E-state index contributed by atoms with van der Waals surface area (Å²) in [4.78, 5) is 14.7. The lowest BCUT2D eigenvalue weighted by atomic mass is 9.85. The minimum absolute atomic E-state index is 0.120. The Labute approximate surface area is 118 Å². The SMILES string of the molecule is C=CCNC(=O)c1sc(N(C)CC2CCC2)cc1N. The van der Waals surface area contributed by atoms with Gasteiger partial charge in [-0.05, 0) is 24.8 Å². The lowest BCUT2D eigenvalue weighted by molar-refractivity contribution is 0.0963. The third kappa shape index (κ3) is 3.29. The molecule has 0 saturated heterocycles.